The second-order valence-electron chi connectivity index (χ2n) is 6.56. The molecule has 3 rings (SSSR count). The molecule has 2 aliphatic rings. The molecule has 1 aromatic rings. The average Bonchev–Trinajstić information content (AvgIpc) is 3.16. The number of thiocarbonyl (C=S) groups is 1. The number of hydrogen-bond acceptors (Lipinski definition) is 7. The van der Waals surface area contributed by atoms with Crippen LogP contribution in [0.4, 0.5) is 24.5 Å². The first-order valence-electron chi connectivity index (χ1n) is 9.44. The van der Waals surface area contributed by atoms with E-state index in [1.54, 1.807) is 24.0 Å². The maximum atomic E-state index is 13.0. The fourth-order valence-electron chi connectivity index (χ4n) is 3.42. The number of fused-ring (bicyclic) bond motifs is 1. The number of carbonyl (C=O) groups is 1. The third-order valence-corrected chi connectivity index (χ3v) is 7.78. The quantitative estimate of drug-likeness (QED) is 0.451. The predicted octanol–water partition coefficient (Wildman–Crippen LogP) is 4.25. The van der Waals surface area contributed by atoms with Gasteiger partial charge in [-0.2, -0.15) is 13.2 Å². The van der Waals surface area contributed by atoms with E-state index in [0.29, 0.717) is 46.1 Å². The van der Waals surface area contributed by atoms with Crippen molar-refractivity contribution >= 4 is 55.4 Å². The SMILES string of the molecule is CCN1C(=O)C(=CC=C2N(CC)c3ccc(S(=O)(=O)C(F)(F)F)cc3N2CC)SC1=S. The molecule has 0 saturated carbocycles. The van der Waals surface area contributed by atoms with E-state index in [1.165, 1.54) is 22.7 Å². The van der Waals surface area contributed by atoms with Crippen molar-refractivity contribution in [3.63, 3.8) is 0 Å². The van der Waals surface area contributed by atoms with Gasteiger partial charge in [-0.3, -0.25) is 9.69 Å². The molecular formula is C19H20F3N3O3S3. The number of rotatable bonds is 5. The number of benzene rings is 1. The van der Waals surface area contributed by atoms with Gasteiger partial charge in [-0.15, -0.1) is 0 Å². The second-order valence-corrected chi connectivity index (χ2v) is 10.2. The zero-order valence-corrected chi connectivity index (χ0v) is 19.4. The number of alkyl halides is 3. The Hall–Kier alpha value is -2.05. The summed E-state index contributed by atoms with van der Waals surface area (Å²) in [6, 6.07) is 3.38. The number of thioether (sulfide) groups is 1. The lowest BCUT2D eigenvalue weighted by Gasteiger charge is -2.23. The lowest BCUT2D eigenvalue weighted by molar-refractivity contribution is -0.122. The van der Waals surface area contributed by atoms with Crippen LogP contribution >= 0.6 is 24.0 Å². The molecule has 0 radical (unpaired) electrons. The monoisotopic (exact) mass is 491 g/mol. The van der Waals surface area contributed by atoms with Gasteiger partial charge in [0.15, 0.2) is 0 Å². The minimum absolute atomic E-state index is 0.200. The summed E-state index contributed by atoms with van der Waals surface area (Å²) in [6.45, 7) is 6.83. The fraction of sp³-hybridized carbons (Fsp3) is 0.368. The van der Waals surface area contributed by atoms with Crippen molar-refractivity contribution in [1.29, 1.82) is 0 Å². The Morgan fingerprint density at radius 1 is 1.00 bits per heavy atom. The Kier molecular flexibility index (Phi) is 6.45. The van der Waals surface area contributed by atoms with Crippen LogP contribution in [0.15, 0.2) is 46.0 Å². The molecule has 1 saturated heterocycles. The van der Waals surface area contributed by atoms with E-state index in [2.05, 4.69) is 0 Å². The molecule has 0 unspecified atom stereocenters. The van der Waals surface area contributed by atoms with E-state index in [-0.39, 0.29) is 5.91 Å². The Morgan fingerprint density at radius 2 is 1.58 bits per heavy atom. The third kappa shape index (κ3) is 3.96. The van der Waals surface area contributed by atoms with Gasteiger partial charge in [0.2, 0.25) is 0 Å². The molecule has 31 heavy (non-hydrogen) atoms. The molecule has 0 aliphatic carbocycles. The largest absolute Gasteiger partial charge is 0.501 e. The van der Waals surface area contributed by atoms with Gasteiger partial charge in [0.1, 0.15) is 10.1 Å². The number of likely N-dealkylation sites (N-methyl/N-ethyl adjacent to an activating group) is 1. The Balaban J connectivity index is 2.06. The molecule has 168 valence electrons. The van der Waals surface area contributed by atoms with Crippen LogP contribution in [0.25, 0.3) is 0 Å². The van der Waals surface area contributed by atoms with Gasteiger partial charge in [0.25, 0.3) is 15.7 Å². The van der Waals surface area contributed by atoms with Crippen molar-refractivity contribution in [2.24, 2.45) is 0 Å². The van der Waals surface area contributed by atoms with Crippen molar-refractivity contribution in [2.75, 3.05) is 29.4 Å². The summed E-state index contributed by atoms with van der Waals surface area (Å²) in [7, 11) is -5.46. The minimum Gasteiger partial charge on any atom is -0.326 e. The molecule has 0 N–H and O–H groups in total. The number of nitrogens with zero attached hydrogens (tertiary/aromatic N) is 3. The van der Waals surface area contributed by atoms with Crippen molar-refractivity contribution in [1.82, 2.24) is 4.90 Å². The van der Waals surface area contributed by atoms with Gasteiger partial charge < -0.3 is 9.80 Å². The lowest BCUT2D eigenvalue weighted by Crippen LogP contribution is -2.28. The summed E-state index contributed by atoms with van der Waals surface area (Å²) in [4.78, 5) is 17.1. The molecule has 0 atom stereocenters. The van der Waals surface area contributed by atoms with E-state index in [0.717, 1.165) is 12.1 Å². The first kappa shape index (κ1) is 23.6. The highest BCUT2D eigenvalue weighted by molar-refractivity contribution is 8.26. The number of amides is 1. The van der Waals surface area contributed by atoms with E-state index in [1.807, 2.05) is 18.7 Å². The van der Waals surface area contributed by atoms with Crippen molar-refractivity contribution < 1.29 is 26.4 Å². The smallest absolute Gasteiger partial charge is 0.326 e. The molecule has 0 bridgehead atoms. The maximum Gasteiger partial charge on any atom is 0.501 e. The molecule has 2 heterocycles. The zero-order valence-electron chi connectivity index (χ0n) is 16.9. The molecule has 1 aromatic carbocycles. The van der Waals surface area contributed by atoms with Crippen LogP contribution in [0.3, 0.4) is 0 Å². The first-order valence-corrected chi connectivity index (χ1v) is 12.1. The van der Waals surface area contributed by atoms with Gasteiger partial charge >= 0.3 is 5.51 Å². The molecule has 0 aromatic heterocycles. The van der Waals surface area contributed by atoms with Gasteiger partial charge in [0, 0.05) is 19.6 Å². The second kappa shape index (κ2) is 8.47. The summed E-state index contributed by atoms with van der Waals surface area (Å²) in [5, 5.41) is 0. The first-order chi connectivity index (χ1) is 14.5. The van der Waals surface area contributed by atoms with E-state index >= 15 is 0 Å². The van der Waals surface area contributed by atoms with Gasteiger partial charge in [-0.05, 0) is 51.1 Å². The van der Waals surface area contributed by atoms with E-state index < -0.39 is 20.2 Å². The molecule has 0 spiro atoms. The average molecular weight is 492 g/mol. The zero-order chi connectivity index (χ0) is 23.1. The Morgan fingerprint density at radius 3 is 2.10 bits per heavy atom. The Labute approximate surface area is 188 Å². The van der Waals surface area contributed by atoms with E-state index in [4.69, 9.17) is 12.2 Å². The number of carbonyl (C=O) groups excluding carboxylic acids is 1. The summed E-state index contributed by atoms with van der Waals surface area (Å²) in [6.07, 6.45) is 3.34. The highest BCUT2D eigenvalue weighted by Gasteiger charge is 2.47. The lowest BCUT2D eigenvalue weighted by atomic mass is 10.2. The number of hydrogen-bond donors (Lipinski definition) is 0. The van der Waals surface area contributed by atoms with Crippen LogP contribution in [-0.4, -0.2) is 48.7 Å². The number of anilines is 2. The van der Waals surface area contributed by atoms with Crippen LogP contribution in [0.5, 0.6) is 0 Å². The van der Waals surface area contributed by atoms with Crippen molar-refractivity contribution in [2.45, 2.75) is 31.2 Å². The Bertz CT molecular complexity index is 1100. The summed E-state index contributed by atoms with van der Waals surface area (Å²) in [5.74, 6) is 0.429. The standard InChI is InChI=1S/C19H20F3N3O3S3/c1-4-23-13-8-7-12(31(27,28)19(20,21)22)11-14(13)24(5-2)16(23)10-9-15-17(26)25(6-3)18(29)30-15/h7-11H,4-6H2,1-3H3. The molecule has 6 nitrogen and oxygen atoms in total. The van der Waals surface area contributed by atoms with Crippen molar-refractivity contribution in [3.8, 4) is 0 Å². The van der Waals surface area contributed by atoms with Gasteiger partial charge in [-0.1, -0.05) is 24.0 Å². The third-order valence-electron chi connectivity index (χ3n) is 4.90. The van der Waals surface area contributed by atoms with Crippen LogP contribution in [0.1, 0.15) is 20.8 Å². The van der Waals surface area contributed by atoms with Crippen LogP contribution in [0, 0.1) is 0 Å². The highest BCUT2D eigenvalue weighted by atomic mass is 32.2. The normalized spacial score (nSPS) is 19.9. The molecule has 1 amide bonds. The molecule has 12 heteroatoms. The van der Waals surface area contributed by atoms with Crippen molar-refractivity contribution in [3.05, 3.63) is 41.1 Å². The van der Waals surface area contributed by atoms with Gasteiger partial charge in [-0.25, -0.2) is 8.42 Å². The molecule has 2 aliphatic heterocycles. The van der Waals surface area contributed by atoms with Crippen LogP contribution in [-0.2, 0) is 14.6 Å². The summed E-state index contributed by atoms with van der Waals surface area (Å²) < 4.78 is 63.2. The topological polar surface area (TPSA) is 60.9 Å². The number of halogens is 3. The fourth-order valence-corrected chi connectivity index (χ4v) is 5.53. The predicted molar refractivity (Wildman–Crippen MR) is 119 cm³/mol. The summed E-state index contributed by atoms with van der Waals surface area (Å²) in [5.41, 5.74) is -4.43. The maximum absolute atomic E-state index is 13.0. The highest BCUT2D eigenvalue weighted by Crippen LogP contribution is 2.44. The molecular weight excluding hydrogens is 471 g/mol. The number of allylic oxidation sites excluding steroid dienone is 2. The minimum atomic E-state index is -5.46. The summed E-state index contributed by atoms with van der Waals surface area (Å²) >= 11 is 6.39. The van der Waals surface area contributed by atoms with Crippen LogP contribution < -0.4 is 9.80 Å². The van der Waals surface area contributed by atoms with E-state index in [9.17, 15) is 26.4 Å². The number of sulfone groups is 1. The van der Waals surface area contributed by atoms with Crippen LogP contribution in [0.2, 0.25) is 0 Å². The molecule has 1 fully saturated rings. The van der Waals surface area contributed by atoms with Gasteiger partial charge in [0.05, 0.1) is 21.2 Å².